The lowest BCUT2D eigenvalue weighted by molar-refractivity contribution is 0.0147. The van der Waals surface area contributed by atoms with Gasteiger partial charge in [-0.25, -0.2) is 9.97 Å². The molecule has 0 saturated carbocycles. The Morgan fingerprint density at radius 2 is 2.15 bits per heavy atom. The van der Waals surface area contributed by atoms with E-state index in [9.17, 15) is 4.79 Å². The van der Waals surface area contributed by atoms with Crippen molar-refractivity contribution >= 4 is 39.0 Å². The first-order chi connectivity index (χ1) is 16.4. The molecule has 1 amide bonds. The van der Waals surface area contributed by atoms with Gasteiger partial charge in [-0.2, -0.15) is 0 Å². The van der Waals surface area contributed by atoms with Crippen molar-refractivity contribution in [2.45, 2.75) is 56.7 Å². The van der Waals surface area contributed by atoms with Crippen LogP contribution < -0.4 is 21.7 Å². The van der Waals surface area contributed by atoms with Gasteiger partial charge < -0.3 is 26.4 Å². The Kier molecular flexibility index (Phi) is 5.24. The number of aromatic nitrogens is 2. The van der Waals surface area contributed by atoms with Gasteiger partial charge >= 0.3 is 0 Å². The minimum Gasteiger partial charge on any atom is -0.397 e. The molecule has 8 nitrogen and oxygen atoms in total. The largest absolute Gasteiger partial charge is 0.397 e. The number of carbonyl (C=O) groups excluding carboxylic acids is 1. The number of rotatable bonds is 3. The normalized spacial score (nSPS) is 26.4. The lowest BCUT2D eigenvalue weighted by Crippen LogP contribution is -2.47. The van der Waals surface area contributed by atoms with Crippen LogP contribution in [0, 0.1) is 6.92 Å². The Labute approximate surface area is 202 Å². The average molecular weight is 479 g/mol. The molecule has 1 aliphatic carbocycles. The smallest absolute Gasteiger partial charge is 0.263 e. The average Bonchev–Trinajstić information content (AvgIpc) is 3.51. The molecule has 5 heterocycles. The van der Waals surface area contributed by atoms with E-state index in [1.807, 2.05) is 19.1 Å². The van der Waals surface area contributed by atoms with Crippen LogP contribution in [-0.4, -0.2) is 53.3 Å². The van der Waals surface area contributed by atoms with E-state index in [-0.39, 0.29) is 23.6 Å². The molecule has 3 aromatic heterocycles. The van der Waals surface area contributed by atoms with E-state index in [4.69, 9.17) is 21.2 Å². The molecule has 0 bridgehead atoms. The highest BCUT2D eigenvalue weighted by Gasteiger charge is 2.47. The van der Waals surface area contributed by atoms with Crippen molar-refractivity contribution in [3.63, 3.8) is 0 Å². The van der Waals surface area contributed by atoms with Crippen molar-refractivity contribution in [1.29, 1.82) is 0 Å². The fraction of sp³-hybridized carbons (Fsp3) is 0.480. The molecule has 9 heteroatoms. The van der Waals surface area contributed by atoms with Gasteiger partial charge in [0.05, 0.1) is 5.69 Å². The number of aryl methyl sites for hydroxylation is 2. The Morgan fingerprint density at radius 3 is 2.97 bits per heavy atom. The molecular formula is C25H30N6O2S. The maximum atomic E-state index is 13.0. The molecule has 2 fully saturated rings. The molecule has 0 aromatic carbocycles. The zero-order chi connectivity index (χ0) is 23.4. The number of carbonyl (C=O) groups is 1. The predicted molar refractivity (Wildman–Crippen MR) is 134 cm³/mol. The molecule has 178 valence electrons. The van der Waals surface area contributed by atoms with Gasteiger partial charge in [0.15, 0.2) is 0 Å². The van der Waals surface area contributed by atoms with Crippen LogP contribution in [0.3, 0.4) is 0 Å². The Bertz CT molecular complexity index is 1280. The molecule has 6 rings (SSSR count). The first-order valence-electron chi connectivity index (χ1n) is 12.0. The number of pyridine rings is 2. The highest BCUT2D eigenvalue weighted by Crippen LogP contribution is 2.37. The molecule has 3 aliphatic rings. The van der Waals surface area contributed by atoms with E-state index in [2.05, 4.69) is 27.3 Å². The van der Waals surface area contributed by atoms with Crippen LogP contribution in [0.15, 0.2) is 24.3 Å². The van der Waals surface area contributed by atoms with Gasteiger partial charge in [-0.15, -0.1) is 11.3 Å². The Hall–Kier alpha value is -2.75. The van der Waals surface area contributed by atoms with Crippen LogP contribution in [0.4, 0.5) is 11.5 Å². The second kappa shape index (κ2) is 8.18. The lowest BCUT2D eigenvalue weighted by atomic mass is 9.91. The molecule has 0 radical (unpaired) electrons. The Balaban J connectivity index is 1.14. The Morgan fingerprint density at radius 1 is 1.26 bits per heavy atom. The maximum absolute atomic E-state index is 13.0. The highest BCUT2D eigenvalue weighted by molar-refractivity contribution is 7.21. The minimum absolute atomic E-state index is 0.0619. The van der Waals surface area contributed by atoms with Crippen LogP contribution in [0.25, 0.3) is 10.2 Å². The van der Waals surface area contributed by atoms with E-state index in [0.29, 0.717) is 10.6 Å². The molecule has 1 spiro atoms. The highest BCUT2D eigenvalue weighted by atomic mass is 32.1. The summed E-state index contributed by atoms with van der Waals surface area (Å²) in [5.74, 6) is 0.883. The van der Waals surface area contributed by atoms with Crippen molar-refractivity contribution in [3.8, 4) is 0 Å². The van der Waals surface area contributed by atoms with E-state index in [1.165, 1.54) is 16.9 Å². The fourth-order valence-electron chi connectivity index (χ4n) is 5.59. The van der Waals surface area contributed by atoms with Gasteiger partial charge in [0.25, 0.3) is 5.91 Å². The predicted octanol–water partition coefficient (Wildman–Crippen LogP) is 2.57. The summed E-state index contributed by atoms with van der Waals surface area (Å²) in [6.07, 6.45) is 4.36. The summed E-state index contributed by atoms with van der Waals surface area (Å²) in [5, 5.41) is 4.04. The second-order valence-corrected chi connectivity index (χ2v) is 10.8. The summed E-state index contributed by atoms with van der Waals surface area (Å²) < 4.78 is 6.05. The topological polar surface area (TPSA) is 119 Å². The fourth-order valence-corrected chi connectivity index (χ4v) is 6.63. The molecule has 5 N–H and O–H groups in total. The van der Waals surface area contributed by atoms with E-state index < -0.39 is 0 Å². The summed E-state index contributed by atoms with van der Waals surface area (Å²) in [7, 11) is 0. The number of hydrogen-bond donors (Lipinski definition) is 3. The van der Waals surface area contributed by atoms with Crippen LogP contribution in [-0.2, 0) is 17.6 Å². The number of nitrogens with two attached hydrogens (primary N) is 2. The van der Waals surface area contributed by atoms with Crippen LogP contribution >= 0.6 is 11.3 Å². The van der Waals surface area contributed by atoms with Gasteiger partial charge in [-0.05, 0) is 62.8 Å². The number of nitrogens with zero attached hydrogens (tertiary/aromatic N) is 3. The van der Waals surface area contributed by atoms with E-state index in [1.54, 1.807) is 0 Å². The van der Waals surface area contributed by atoms with Gasteiger partial charge in [-0.3, -0.25) is 4.79 Å². The lowest BCUT2D eigenvalue weighted by Gasteiger charge is -2.29. The number of amides is 1. The van der Waals surface area contributed by atoms with Crippen molar-refractivity contribution in [2.24, 2.45) is 5.73 Å². The van der Waals surface area contributed by atoms with Gasteiger partial charge in [0.2, 0.25) is 0 Å². The summed E-state index contributed by atoms with van der Waals surface area (Å²) in [6.45, 7) is 4.42. The van der Waals surface area contributed by atoms with E-state index in [0.717, 1.165) is 79.2 Å². The first-order valence-corrected chi connectivity index (χ1v) is 12.8. The number of hydrogen-bond acceptors (Lipinski definition) is 8. The SMILES string of the molecule is Cc1ccc2c(N)c(C(=O)N[C@H]3CCc4nc(N5CC[C@@]6(C5)OCC[C@@H]6N)ccc4C3)sc2n1. The third-order valence-corrected chi connectivity index (χ3v) is 8.72. The van der Waals surface area contributed by atoms with Crippen molar-refractivity contribution in [3.05, 3.63) is 46.1 Å². The number of ether oxygens (including phenoxy) is 1. The van der Waals surface area contributed by atoms with Gasteiger partial charge in [0.1, 0.15) is 21.1 Å². The summed E-state index contributed by atoms with van der Waals surface area (Å²) in [6, 6.07) is 8.29. The molecule has 34 heavy (non-hydrogen) atoms. The van der Waals surface area contributed by atoms with Crippen LogP contribution in [0.5, 0.6) is 0 Å². The van der Waals surface area contributed by atoms with Crippen molar-refractivity contribution in [1.82, 2.24) is 15.3 Å². The number of thiophene rings is 1. The number of fused-ring (bicyclic) bond motifs is 2. The quantitative estimate of drug-likeness (QED) is 0.529. The van der Waals surface area contributed by atoms with Gasteiger partial charge in [-0.1, -0.05) is 6.07 Å². The number of anilines is 2. The van der Waals surface area contributed by atoms with Crippen LogP contribution in [0.2, 0.25) is 0 Å². The first kappa shape index (κ1) is 21.8. The van der Waals surface area contributed by atoms with Crippen molar-refractivity contribution < 1.29 is 9.53 Å². The number of nitrogen functional groups attached to an aromatic ring is 1. The van der Waals surface area contributed by atoms with E-state index >= 15 is 0 Å². The standard InChI is InChI=1S/C25H30N6O2S/c1-14-2-5-17-21(27)22(34-24(17)28-14)23(32)29-16-4-6-18-15(12-16)3-7-20(30-18)31-10-9-25(13-31)19(26)8-11-33-25/h2-3,5,7,16,19H,4,6,8-13,26-27H2,1H3,(H,29,32)/t16-,19-,25-/m0/s1. The zero-order valence-electron chi connectivity index (χ0n) is 19.3. The second-order valence-electron chi connectivity index (χ2n) is 9.82. The van der Waals surface area contributed by atoms with Gasteiger partial charge in [0, 0.05) is 48.6 Å². The van der Waals surface area contributed by atoms with Crippen LogP contribution in [0.1, 0.15) is 45.9 Å². The zero-order valence-corrected chi connectivity index (χ0v) is 20.2. The van der Waals surface area contributed by atoms with Crippen molar-refractivity contribution in [2.75, 3.05) is 30.3 Å². The molecular weight excluding hydrogens is 448 g/mol. The monoisotopic (exact) mass is 478 g/mol. The molecule has 2 aliphatic heterocycles. The summed E-state index contributed by atoms with van der Waals surface area (Å²) in [5.41, 5.74) is 16.2. The molecule has 2 saturated heterocycles. The third-order valence-electron chi connectivity index (χ3n) is 7.61. The third kappa shape index (κ3) is 3.62. The molecule has 0 unspecified atom stereocenters. The summed E-state index contributed by atoms with van der Waals surface area (Å²) in [4.78, 5) is 26.2. The number of nitrogens with one attached hydrogen (secondary N) is 1. The molecule has 3 atom stereocenters. The summed E-state index contributed by atoms with van der Waals surface area (Å²) >= 11 is 1.36. The maximum Gasteiger partial charge on any atom is 0.263 e. The molecule has 3 aromatic rings. The minimum atomic E-state index is -0.213.